The monoisotopic (exact) mass is 246 g/mol. The van der Waals surface area contributed by atoms with Gasteiger partial charge in [-0.1, -0.05) is 30.3 Å². The van der Waals surface area contributed by atoms with Crippen LogP contribution in [0.1, 0.15) is 32.4 Å². The first-order valence-corrected chi connectivity index (χ1v) is 5.80. The van der Waals surface area contributed by atoms with Crippen molar-refractivity contribution in [3.8, 4) is 6.07 Å². The second-order valence-electron chi connectivity index (χ2n) is 4.94. The van der Waals surface area contributed by atoms with Crippen LogP contribution in [0.3, 0.4) is 0 Å². The van der Waals surface area contributed by atoms with Crippen molar-refractivity contribution in [1.82, 2.24) is 5.32 Å². The molecule has 0 aliphatic rings. The number of carbonyl (C=O) groups excluding carboxylic acids is 1. The maximum absolute atomic E-state index is 11.6. The molecule has 18 heavy (non-hydrogen) atoms. The molecule has 1 amide bonds. The summed E-state index contributed by atoms with van der Waals surface area (Å²) < 4.78 is 5.35. The predicted octanol–water partition coefficient (Wildman–Crippen LogP) is 2.18. The van der Waals surface area contributed by atoms with E-state index in [1.807, 2.05) is 39.0 Å². The van der Waals surface area contributed by atoms with Crippen LogP contribution in [-0.2, 0) is 9.53 Å². The molecule has 0 spiro atoms. The Hall–Kier alpha value is -1.86. The average Bonchev–Trinajstić information content (AvgIpc) is 2.33. The van der Waals surface area contributed by atoms with E-state index in [4.69, 9.17) is 10.00 Å². The smallest absolute Gasteiger partial charge is 0.247 e. The number of nitrogens with one attached hydrogen (secondary N) is 1. The molecular formula is C14H18N2O2. The quantitative estimate of drug-likeness (QED) is 0.885. The van der Waals surface area contributed by atoms with Crippen LogP contribution < -0.4 is 5.32 Å². The normalized spacial score (nSPS) is 12.6. The van der Waals surface area contributed by atoms with Crippen LogP contribution in [0, 0.1) is 11.3 Å². The van der Waals surface area contributed by atoms with Gasteiger partial charge in [-0.15, -0.1) is 0 Å². The summed E-state index contributed by atoms with van der Waals surface area (Å²) in [5.41, 5.74) is 0.399. The van der Waals surface area contributed by atoms with Crippen molar-refractivity contribution in [2.45, 2.75) is 32.4 Å². The van der Waals surface area contributed by atoms with Crippen molar-refractivity contribution in [2.24, 2.45) is 0 Å². The van der Waals surface area contributed by atoms with Crippen LogP contribution in [0.25, 0.3) is 0 Å². The first-order chi connectivity index (χ1) is 8.42. The van der Waals surface area contributed by atoms with E-state index in [-0.39, 0.29) is 18.1 Å². The van der Waals surface area contributed by atoms with Crippen molar-refractivity contribution in [3.63, 3.8) is 0 Å². The summed E-state index contributed by atoms with van der Waals surface area (Å²) in [7, 11) is 0. The van der Waals surface area contributed by atoms with Gasteiger partial charge in [-0.3, -0.25) is 4.79 Å². The summed E-state index contributed by atoms with van der Waals surface area (Å²) in [6, 6.07) is 10.6. The molecule has 0 radical (unpaired) electrons. The lowest BCUT2D eigenvalue weighted by molar-refractivity contribution is -0.130. The van der Waals surface area contributed by atoms with Gasteiger partial charge in [0.15, 0.2) is 0 Å². The highest BCUT2D eigenvalue weighted by Crippen LogP contribution is 2.11. The van der Waals surface area contributed by atoms with Gasteiger partial charge < -0.3 is 10.1 Å². The van der Waals surface area contributed by atoms with Gasteiger partial charge in [0.05, 0.1) is 11.7 Å². The fourth-order valence-corrected chi connectivity index (χ4v) is 1.32. The topological polar surface area (TPSA) is 62.1 Å². The second kappa shape index (κ2) is 6.18. The molecule has 0 aromatic heterocycles. The molecular weight excluding hydrogens is 228 g/mol. The van der Waals surface area contributed by atoms with Crippen LogP contribution in [0.2, 0.25) is 0 Å². The number of benzene rings is 1. The van der Waals surface area contributed by atoms with E-state index in [2.05, 4.69) is 11.4 Å². The van der Waals surface area contributed by atoms with Gasteiger partial charge in [0.2, 0.25) is 5.91 Å². The summed E-state index contributed by atoms with van der Waals surface area (Å²) in [5, 5.41) is 11.7. The van der Waals surface area contributed by atoms with Crippen LogP contribution in [-0.4, -0.2) is 18.1 Å². The molecule has 0 aliphatic carbocycles. The Morgan fingerprint density at radius 2 is 2.00 bits per heavy atom. The molecule has 1 unspecified atom stereocenters. The third kappa shape index (κ3) is 4.98. The molecule has 1 aromatic carbocycles. The zero-order valence-electron chi connectivity index (χ0n) is 10.9. The Bertz CT molecular complexity index is 429. The maximum Gasteiger partial charge on any atom is 0.247 e. The highest BCUT2D eigenvalue weighted by Gasteiger charge is 2.16. The van der Waals surface area contributed by atoms with E-state index >= 15 is 0 Å². The molecule has 0 saturated carbocycles. The lowest BCUT2D eigenvalue weighted by Gasteiger charge is -2.20. The maximum atomic E-state index is 11.6. The Morgan fingerprint density at radius 3 is 2.50 bits per heavy atom. The third-order valence-electron chi connectivity index (χ3n) is 2.20. The molecule has 4 heteroatoms. The minimum Gasteiger partial charge on any atom is -0.366 e. The summed E-state index contributed by atoms with van der Waals surface area (Å²) in [5.74, 6) is -0.291. The average molecular weight is 246 g/mol. The summed E-state index contributed by atoms with van der Waals surface area (Å²) in [6.45, 7) is 5.58. The van der Waals surface area contributed by atoms with Gasteiger partial charge in [-0.25, -0.2) is 0 Å². The molecule has 1 atom stereocenters. The summed E-state index contributed by atoms with van der Waals surface area (Å²) in [4.78, 5) is 11.6. The molecule has 4 nitrogen and oxygen atoms in total. The lowest BCUT2D eigenvalue weighted by Crippen LogP contribution is -2.34. The fourth-order valence-electron chi connectivity index (χ4n) is 1.32. The van der Waals surface area contributed by atoms with E-state index in [0.717, 1.165) is 5.56 Å². The number of nitriles is 1. The first-order valence-electron chi connectivity index (χ1n) is 5.80. The van der Waals surface area contributed by atoms with E-state index in [9.17, 15) is 4.79 Å². The van der Waals surface area contributed by atoms with Crippen molar-refractivity contribution >= 4 is 5.91 Å². The first kappa shape index (κ1) is 14.2. The second-order valence-corrected chi connectivity index (χ2v) is 4.94. The van der Waals surface area contributed by atoms with Gasteiger partial charge in [0.25, 0.3) is 0 Å². The van der Waals surface area contributed by atoms with E-state index < -0.39 is 6.04 Å². The van der Waals surface area contributed by atoms with E-state index in [0.29, 0.717) is 0 Å². The van der Waals surface area contributed by atoms with Crippen molar-refractivity contribution < 1.29 is 9.53 Å². The molecule has 0 aliphatic heterocycles. The zero-order chi connectivity index (χ0) is 13.6. The van der Waals surface area contributed by atoms with Crippen LogP contribution in [0.5, 0.6) is 0 Å². The lowest BCUT2D eigenvalue weighted by atomic mass is 10.1. The highest BCUT2D eigenvalue weighted by molar-refractivity contribution is 5.78. The van der Waals surface area contributed by atoms with E-state index in [1.165, 1.54) is 0 Å². The number of ether oxygens (including phenoxy) is 1. The van der Waals surface area contributed by atoms with Gasteiger partial charge in [-0.05, 0) is 26.3 Å². The number of rotatable bonds is 4. The van der Waals surface area contributed by atoms with Crippen molar-refractivity contribution in [1.29, 1.82) is 5.26 Å². The standard InChI is InChI=1S/C14H18N2O2/c1-14(2,3)18-10-13(17)16-12(9-15)11-7-5-4-6-8-11/h4-8,12H,10H2,1-3H3,(H,16,17). The summed E-state index contributed by atoms with van der Waals surface area (Å²) >= 11 is 0. The number of hydrogen-bond acceptors (Lipinski definition) is 3. The SMILES string of the molecule is CC(C)(C)OCC(=O)NC(C#N)c1ccccc1. The minimum atomic E-state index is -0.637. The van der Waals surface area contributed by atoms with Crippen LogP contribution in [0.4, 0.5) is 0 Å². The third-order valence-corrected chi connectivity index (χ3v) is 2.20. The number of hydrogen-bond donors (Lipinski definition) is 1. The molecule has 96 valence electrons. The zero-order valence-corrected chi connectivity index (χ0v) is 10.9. The molecule has 0 saturated heterocycles. The van der Waals surface area contributed by atoms with Crippen LogP contribution in [0.15, 0.2) is 30.3 Å². The minimum absolute atomic E-state index is 0.0471. The largest absolute Gasteiger partial charge is 0.366 e. The Morgan fingerprint density at radius 1 is 1.39 bits per heavy atom. The number of nitrogens with zero attached hydrogens (tertiary/aromatic N) is 1. The number of carbonyl (C=O) groups is 1. The van der Waals surface area contributed by atoms with Crippen molar-refractivity contribution in [3.05, 3.63) is 35.9 Å². The predicted molar refractivity (Wildman–Crippen MR) is 68.6 cm³/mol. The summed E-state index contributed by atoms with van der Waals surface area (Å²) in [6.07, 6.45) is 0. The number of amides is 1. The van der Waals surface area contributed by atoms with Crippen LogP contribution >= 0.6 is 0 Å². The highest BCUT2D eigenvalue weighted by atomic mass is 16.5. The Balaban J connectivity index is 2.55. The molecule has 0 bridgehead atoms. The molecule has 1 N–H and O–H groups in total. The Labute approximate surface area is 108 Å². The molecule has 0 heterocycles. The van der Waals surface area contributed by atoms with Gasteiger partial charge in [0.1, 0.15) is 12.6 Å². The van der Waals surface area contributed by atoms with Gasteiger partial charge in [-0.2, -0.15) is 5.26 Å². The Kier molecular flexibility index (Phi) is 4.87. The van der Waals surface area contributed by atoms with Gasteiger partial charge >= 0.3 is 0 Å². The molecule has 1 rings (SSSR count). The molecule has 1 aromatic rings. The van der Waals surface area contributed by atoms with Crippen molar-refractivity contribution in [2.75, 3.05) is 6.61 Å². The van der Waals surface area contributed by atoms with E-state index in [1.54, 1.807) is 12.1 Å². The molecule has 0 fully saturated rings. The van der Waals surface area contributed by atoms with Gasteiger partial charge in [0, 0.05) is 0 Å². The fraction of sp³-hybridized carbons (Fsp3) is 0.429.